The molecule has 0 aliphatic carbocycles. The number of carboxylic acid groups (broad SMARTS) is 1. The smallest absolute Gasteiger partial charge is 0.480 e. The summed E-state index contributed by atoms with van der Waals surface area (Å²) in [5.74, 6) is -1.71. The molecule has 8 nitrogen and oxygen atoms in total. The van der Waals surface area contributed by atoms with E-state index in [1.54, 1.807) is 0 Å². The van der Waals surface area contributed by atoms with E-state index in [0.29, 0.717) is 25.8 Å². The van der Waals surface area contributed by atoms with Gasteiger partial charge in [0, 0.05) is 12.1 Å². The third-order valence-corrected chi connectivity index (χ3v) is 3.25. The Morgan fingerprint density at radius 1 is 1.26 bits per heavy atom. The highest BCUT2D eigenvalue weighted by Gasteiger charge is 2.12. The van der Waals surface area contributed by atoms with Gasteiger partial charge in [-0.15, -0.1) is 0 Å². The molecule has 1 rings (SSSR count). The third-order valence-electron chi connectivity index (χ3n) is 2.86. The van der Waals surface area contributed by atoms with Gasteiger partial charge >= 0.3 is 16.5 Å². The Morgan fingerprint density at radius 3 is 2.39 bits per heavy atom. The maximum Gasteiger partial charge on any atom is 0.488 e. The SMILES string of the molecule is NC(CCCCNC(=O)c1ccc(OS(=O)(=O)F)cc1)C(=O)O. The van der Waals surface area contributed by atoms with Crippen LogP contribution in [0.5, 0.6) is 5.75 Å². The van der Waals surface area contributed by atoms with Crippen molar-refractivity contribution >= 4 is 22.4 Å². The van der Waals surface area contributed by atoms with Crippen molar-refractivity contribution < 1.29 is 31.2 Å². The summed E-state index contributed by atoms with van der Waals surface area (Å²) >= 11 is 0. The number of hydrogen-bond donors (Lipinski definition) is 3. The van der Waals surface area contributed by atoms with Crippen LogP contribution in [0.3, 0.4) is 0 Å². The molecule has 0 fully saturated rings. The van der Waals surface area contributed by atoms with Gasteiger partial charge in [0.25, 0.3) is 5.91 Å². The first-order valence-corrected chi connectivity index (χ1v) is 8.00. The Labute approximate surface area is 132 Å². The lowest BCUT2D eigenvalue weighted by atomic mass is 10.1. The van der Waals surface area contributed by atoms with E-state index in [-0.39, 0.29) is 11.3 Å². The zero-order valence-electron chi connectivity index (χ0n) is 12.1. The van der Waals surface area contributed by atoms with E-state index in [4.69, 9.17) is 10.8 Å². The minimum Gasteiger partial charge on any atom is -0.480 e. The molecule has 10 heteroatoms. The number of carbonyl (C=O) groups is 2. The molecule has 0 saturated heterocycles. The number of carboxylic acids is 1. The van der Waals surface area contributed by atoms with Crippen LogP contribution in [-0.4, -0.2) is 38.0 Å². The number of benzene rings is 1. The number of rotatable bonds is 9. The number of carbonyl (C=O) groups excluding carboxylic acids is 1. The van der Waals surface area contributed by atoms with Gasteiger partial charge in [0.05, 0.1) is 0 Å². The van der Waals surface area contributed by atoms with Crippen LogP contribution in [0.25, 0.3) is 0 Å². The molecule has 0 bridgehead atoms. The Balaban J connectivity index is 2.36. The maximum atomic E-state index is 12.3. The number of nitrogens with two attached hydrogens (primary N) is 1. The third kappa shape index (κ3) is 7.56. The van der Waals surface area contributed by atoms with E-state index < -0.39 is 28.4 Å². The van der Waals surface area contributed by atoms with Gasteiger partial charge in [0.1, 0.15) is 11.8 Å². The average molecular weight is 348 g/mol. The molecule has 1 unspecified atom stereocenters. The first-order valence-electron chi connectivity index (χ1n) is 6.70. The molecule has 0 radical (unpaired) electrons. The van der Waals surface area contributed by atoms with Crippen molar-refractivity contribution in [1.82, 2.24) is 5.32 Å². The Hall–Kier alpha value is -2.20. The minimum absolute atomic E-state index is 0.244. The highest BCUT2D eigenvalue weighted by Crippen LogP contribution is 2.15. The minimum atomic E-state index is -5.10. The topological polar surface area (TPSA) is 136 Å². The van der Waals surface area contributed by atoms with Gasteiger partial charge in [-0.25, -0.2) is 0 Å². The van der Waals surface area contributed by atoms with E-state index in [1.165, 1.54) is 12.1 Å². The standard InChI is InChI=1S/C13H17FN2O6S/c14-23(20,21)22-10-6-4-9(5-7-10)12(17)16-8-2-1-3-11(15)13(18)19/h4-7,11H,1-3,8,15H2,(H,16,17)(H,18,19). The second kappa shape index (κ2) is 8.44. The highest BCUT2D eigenvalue weighted by molar-refractivity contribution is 7.81. The molecule has 0 saturated carbocycles. The van der Waals surface area contributed by atoms with Crippen molar-refractivity contribution in [3.8, 4) is 5.75 Å². The first-order chi connectivity index (χ1) is 10.7. The van der Waals surface area contributed by atoms with Crippen LogP contribution >= 0.6 is 0 Å². The van der Waals surface area contributed by atoms with Crippen LogP contribution in [0.15, 0.2) is 24.3 Å². The van der Waals surface area contributed by atoms with Gasteiger partial charge in [-0.1, -0.05) is 3.89 Å². The number of halogens is 1. The lowest BCUT2D eigenvalue weighted by molar-refractivity contribution is -0.138. The van der Waals surface area contributed by atoms with Crippen LogP contribution in [0.2, 0.25) is 0 Å². The molecule has 0 spiro atoms. The number of aliphatic carboxylic acids is 1. The summed E-state index contributed by atoms with van der Waals surface area (Å²) in [6.45, 7) is 0.336. The van der Waals surface area contributed by atoms with Crippen LogP contribution in [0, 0.1) is 0 Å². The molecule has 0 aliphatic rings. The second-order valence-electron chi connectivity index (χ2n) is 4.70. The molecule has 1 aromatic carbocycles. The van der Waals surface area contributed by atoms with E-state index in [2.05, 4.69) is 9.50 Å². The number of hydrogen-bond acceptors (Lipinski definition) is 6. The number of nitrogens with one attached hydrogen (secondary N) is 1. The fourth-order valence-electron chi connectivity index (χ4n) is 1.69. The molecule has 0 heterocycles. The van der Waals surface area contributed by atoms with Crippen molar-refractivity contribution in [3.63, 3.8) is 0 Å². The normalized spacial score (nSPS) is 12.4. The summed E-state index contributed by atoms with van der Waals surface area (Å²) in [5.41, 5.74) is 5.59. The van der Waals surface area contributed by atoms with Crippen LogP contribution in [-0.2, 0) is 15.3 Å². The van der Waals surface area contributed by atoms with Gasteiger partial charge in [-0.05, 0) is 43.5 Å². The summed E-state index contributed by atoms with van der Waals surface area (Å²) < 4.78 is 36.9. The second-order valence-corrected chi connectivity index (χ2v) is 5.65. The highest BCUT2D eigenvalue weighted by atomic mass is 32.3. The molecular weight excluding hydrogens is 331 g/mol. The molecule has 1 atom stereocenters. The van der Waals surface area contributed by atoms with Crippen LogP contribution in [0.4, 0.5) is 3.89 Å². The zero-order chi connectivity index (χ0) is 17.5. The van der Waals surface area contributed by atoms with Crippen LogP contribution in [0.1, 0.15) is 29.6 Å². The molecular formula is C13H17FN2O6S. The summed E-state index contributed by atoms with van der Waals surface area (Å²) in [6.07, 6.45) is 1.43. The molecule has 4 N–H and O–H groups in total. The summed E-state index contributed by atoms with van der Waals surface area (Å²) in [5, 5.41) is 11.2. The van der Waals surface area contributed by atoms with Crippen molar-refractivity contribution in [3.05, 3.63) is 29.8 Å². The van der Waals surface area contributed by atoms with Gasteiger partial charge < -0.3 is 20.3 Å². The summed E-state index contributed by atoms with van der Waals surface area (Å²) in [4.78, 5) is 22.3. The number of amides is 1. The van der Waals surface area contributed by atoms with Gasteiger partial charge in [-0.3, -0.25) is 9.59 Å². The maximum absolute atomic E-state index is 12.3. The van der Waals surface area contributed by atoms with Gasteiger partial charge in [-0.2, -0.15) is 8.42 Å². The summed E-state index contributed by atoms with van der Waals surface area (Å²) in [6, 6.07) is 3.97. The van der Waals surface area contributed by atoms with E-state index in [9.17, 15) is 21.9 Å². The van der Waals surface area contributed by atoms with Crippen molar-refractivity contribution in [1.29, 1.82) is 0 Å². The molecule has 1 aromatic rings. The molecule has 1 amide bonds. The first kappa shape index (κ1) is 18.8. The zero-order valence-corrected chi connectivity index (χ0v) is 12.9. The Kier molecular flexibility index (Phi) is 6.91. The van der Waals surface area contributed by atoms with Gasteiger partial charge in [0.2, 0.25) is 0 Å². The van der Waals surface area contributed by atoms with E-state index in [0.717, 1.165) is 12.1 Å². The monoisotopic (exact) mass is 348 g/mol. The lowest BCUT2D eigenvalue weighted by Gasteiger charge is -2.07. The fourth-order valence-corrected chi connectivity index (χ4v) is 2.03. The fraction of sp³-hybridized carbons (Fsp3) is 0.385. The molecule has 23 heavy (non-hydrogen) atoms. The largest absolute Gasteiger partial charge is 0.488 e. The molecule has 0 aromatic heterocycles. The van der Waals surface area contributed by atoms with E-state index in [1.807, 2.05) is 0 Å². The lowest BCUT2D eigenvalue weighted by Crippen LogP contribution is -2.30. The van der Waals surface area contributed by atoms with Gasteiger partial charge in [0.15, 0.2) is 0 Å². The van der Waals surface area contributed by atoms with Crippen molar-refractivity contribution in [2.24, 2.45) is 5.73 Å². The van der Waals surface area contributed by atoms with Crippen LogP contribution < -0.4 is 15.2 Å². The quantitative estimate of drug-likeness (QED) is 0.439. The average Bonchev–Trinajstić information content (AvgIpc) is 2.45. The predicted molar refractivity (Wildman–Crippen MR) is 78.9 cm³/mol. The van der Waals surface area contributed by atoms with E-state index >= 15 is 0 Å². The Morgan fingerprint density at radius 2 is 1.87 bits per heavy atom. The Bertz CT molecular complexity index is 647. The summed E-state index contributed by atoms with van der Waals surface area (Å²) in [7, 11) is -5.10. The molecule has 0 aliphatic heterocycles. The molecule has 128 valence electrons. The number of unbranched alkanes of at least 4 members (excludes halogenated alkanes) is 1. The van der Waals surface area contributed by atoms with Crippen molar-refractivity contribution in [2.75, 3.05) is 6.54 Å². The van der Waals surface area contributed by atoms with Crippen molar-refractivity contribution in [2.45, 2.75) is 25.3 Å². The predicted octanol–water partition coefficient (Wildman–Crippen LogP) is 0.592.